The second kappa shape index (κ2) is 1.57. The SMILES string of the molecule is CC12CSCC1C1CCC12. The lowest BCUT2D eigenvalue weighted by Gasteiger charge is -2.63. The van der Waals surface area contributed by atoms with Crippen molar-refractivity contribution in [2.45, 2.75) is 19.8 Å². The molecule has 0 bridgehead atoms. The van der Waals surface area contributed by atoms with Crippen LogP contribution in [0.5, 0.6) is 0 Å². The minimum Gasteiger partial charge on any atom is -0.161 e. The fourth-order valence-corrected chi connectivity index (χ4v) is 5.27. The maximum absolute atomic E-state index is 2.53. The van der Waals surface area contributed by atoms with Crippen molar-refractivity contribution in [2.75, 3.05) is 11.5 Å². The van der Waals surface area contributed by atoms with Crippen LogP contribution in [0.1, 0.15) is 19.8 Å². The van der Waals surface area contributed by atoms with Crippen LogP contribution in [0, 0.1) is 23.2 Å². The first-order valence-electron chi connectivity index (χ1n) is 4.40. The predicted molar refractivity (Wildman–Crippen MR) is 45.1 cm³/mol. The van der Waals surface area contributed by atoms with Crippen LogP contribution in [-0.2, 0) is 0 Å². The van der Waals surface area contributed by atoms with Gasteiger partial charge in [0, 0.05) is 0 Å². The van der Waals surface area contributed by atoms with E-state index in [2.05, 4.69) is 18.7 Å². The largest absolute Gasteiger partial charge is 0.161 e. The van der Waals surface area contributed by atoms with Crippen LogP contribution >= 0.6 is 11.8 Å². The lowest BCUT2D eigenvalue weighted by molar-refractivity contribution is -0.143. The van der Waals surface area contributed by atoms with Crippen molar-refractivity contribution in [3.05, 3.63) is 0 Å². The quantitative estimate of drug-likeness (QED) is 0.516. The highest BCUT2D eigenvalue weighted by Crippen LogP contribution is 2.70. The first-order chi connectivity index (χ1) is 4.82. The van der Waals surface area contributed by atoms with E-state index in [0.29, 0.717) is 0 Å². The van der Waals surface area contributed by atoms with Gasteiger partial charge in [-0.2, -0.15) is 11.8 Å². The third-order valence-electron chi connectivity index (χ3n) is 4.25. The minimum atomic E-state index is 0.813. The highest BCUT2D eigenvalue weighted by atomic mass is 32.2. The third-order valence-corrected chi connectivity index (χ3v) is 5.67. The van der Waals surface area contributed by atoms with E-state index in [1.54, 1.807) is 12.8 Å². The van der Waals surface area contributed by atoms with Crippen LogP contribution in [0.25, 0.3) is 0 Å². The average molecular weight is 154 g/mol. The molecule has 1 aliphatic heterocycles. The Balaban J connectivity index is 1.93. The first-order valence-corrected chi connectivity index (χ1v) is 5.55. The molecular formula is C9H14S. The highest BCUT2D eigenvalue weighted by molar-refractivity contribution is 7.99. The van der Waals surface area contributed by atoms with Crippen LogP contribution in [0.4, 0.5) is 0 Å². The topological polar surface area (TPSA) is 0 Å². The average Bonchev–Trinajstić information content (AvgIpc) is 2.09. The highest BCUT2D eigenvalue weighted by Gasteiger charge is 2.64. The van der Waals surface area contributed by atoms with Crippen molar-refractivity contribution < 1.29 is 0 Å². The Labute approximate surface area is 66.8 Å². The fraction of sp³-hybridized carbons (Fsp3) is 1.00. The summed E-state index contributed by atoms with van der Waals surface area (Å²) in [5, 5.41) is 0. The molecule has 0 aromatic heterocycles. The molecule has 0 spiro atoms. The van der Waals surface area contributed by atoms with E-state index in [0.717, 1.165) is 17.3 Å². The van der Waals surface area contributed by atoms with Gasteiger partial charge in [0.25, 0.3) is 0 Å². The van der Waals surface area contributed by atoms with Crippen LogP contribution in [0.3, 0.4) is 0 Å². The molecule has 1 heteroatoms. The fourth-order valence-electron chi connectivity index (χ4n) is 3.41. The van der Waals surface area contributed by atoms with Gasteiger partial charge in [-0.1, -0.05) is 6.92 Å². The molecule has 3 aliphatic rings. The molecule has 2 saturated carbocycles. The monoisotopic (exact) mass is 154 g/mol. The number of rotatable bonds is 0. The summed E-state index contributed by atoms with van der Waals surface area (Å²) >= 11 is 2.20. The van der Waals surface area contributed by atoms with Gasteiger partial charge in [-0.3, -0.25) is 0 Å². The van der Waals surface area contributed by atoms with Crippen molar-refractivity contribution in [2.24, 2.45) is 23.2 Å². The van der Waals surface area contributed by atoms with E-state index in [1.807, 2.05) is 0 Å². The Morgan fingerprint density at radius 1 is 1.30 bits per heavy atom. The first kappa shape index (κ1) is 5.93. The number of thioether (sulfide) groups is 1. The molecule has 4 atom stereocenters. The van der Waals surface area contributed by atoms with E-state index in [1.165, 1.54) is 17.4 Å². The smallest absolute Gasteiger partial charge is 0.000753 e. The molecule has 4 unspecified atom stereocenters. The van der Waals surface area contributed by atoms with Crippen LogP contribution in [-0.4, -0.2) is 11.5 Å². The van der Waals surface area contributed by atoms with Gasteiger partial charge in [0.2, 0.25) is 0 Å². The molecule has 0 aromatic carbocycles. The summed E-state index contributed by atoms with van der Waals surface area (Å²) < 4.78 is 0. The summed E-state index contributed by atoms with van der Waals surface area (Å²) in [7, 11) is 0. The van der Waals surface area contributed by atoms with E-state index in [-0.39, 0.29) is 0 Å². The van der Waals surface area contributed by atoms with Crippen LogP contribution in [0.2, 0.25) is 0 Å². The molecule has 0 radical (unpaired) electrons. The Bertz CT molecular complexity index is 178. The number of hydrogen-bond donors (Lipinski definition) is 0. The maximum atomic E-state index is 2.53. The summed E-state index contributed by atoms with van der Waals surface area (Å²) in [5.74, 6) is 6.43. The molecule has 2 aliphatic carbocycles. The van der Waals surface area contributed by atoms with Crippen LogP contribution < -0.4 is 0 Å². The molecule has 1 heterocycles. The zero-order chi connectivity index (χ0) is 6.77. The molecule has 0 N–H and O–H groups in total. The van der Waals surface area contributed by atoms with Crippen molar-refractivity contribution in [1.29, 1.82) is 0 Å². The summed E-state index contributed by atoms with van der Waals surface area (Å²) in [6, 6.07) is 0. The Kier molecular flexibility index (Phi) is 0.934. The normalized spacial score (nSPS) is 63.9. The lowest BCUT2D eigenvalue weighted by atomic mass is 9.41. The Morgan fingerprint density at radius 3 is 2.80 bits per heavy atom. The van der Waals surface area contributed by atoms with E-state index in [9.17, 15) is 0 Å². The third kappa shape index (κ3) is 0.431. The van der Waals surface area contributed by atoms with E-state index >= 15 is 0 Å². The maximum Gasteiger partial charge on any atom is -0.000753 e. The predicted octanol–water partition coefficient (Wildman–Crippen LogP) is 2.40. The molecule has 3 fully saturated rings. The standard InChI is InChI=1S/C9H14S/c1-9-5-10-4-8(9)6-2-3-7(6)9/h6-8H,2-5H2,1H3. The van der Waals surface area contributed by atoms with E-state index < -0.39 is 0 Å². The second-order valence-corrected chi connectivity index (χ2v) is 5.51. The molecule has 0 aromatic rings. The molecule has 0 amide bonds. The van der Waals surface area contributed by atoms with Gasteiger partial charge < -0.3 is 0 Å². The summed E-state index contributed by atoms with van der Waals surface area (Å²) in [6.07, 6.45) is 3.11. The van der Waals surface area contributed by atoms with Gasteiger partial charge >= 0.3 is 0 Å². The number of hydrogen-bond acceptors (Lipinski definition) is 1. The molecule has 56 valence electrons. The lowest BCUT2D eigenvalue weighted by Crippen LogP contribution is -2.59. The van der Waals surface area contributed by atoms with Crippen molar-refractivity contribution in [1.82, 2.24) is 0 Å². The molecule has 3 rings (SSSR count). The Morgan fingerprint density at radius 2 is 2.20 bits per heavy atom. The molecule has 10 heavy (non-hydrogen) atoms. The summed E-state index contributed by atoms with van der Waals surface area (Å²) in [6.45, 7) is 2.53. The molecule has 0 nitrogen and oxygen atoms in total. The van der Waals surface area contributed by atoms with Gasteiger partial charge in [-0.15, -0.1) is 0 Å². The molecular weight excluding hydrogens is 140 g/mol. The van der Waals surface area contributed by atoms with Gasteiger partial charge in [0.1, 0.15) is 0 Å². The molecule has 1 saturated heterocycles. The van der Waals surface area contributed by atoms with E-state index in [4.69, 9.17) is 0 Å². The van der Waals surface area contributed by atoms with Crippen LogP contribution in [0.15, 0.2) is 0 Å². The summed E-state index contributed by atoms with van der Waals surface area (Å²) in [4.78, 5) is 0. The zero-order valence-electron chi connectivity index (χ0n) is 6.47. The van der Waals surface area contributed by atoms with Crippen molar-refractivity contribution in [3.63, 3.8) is 0 Å². The zero-order valence-corrected chi connectivity index (χ0v) is 7.29. The van der Waals surface area contributed by atoms with Gasteiger partial charge in [0.05, 0.1) is 0 Å². The second-order valence-electron chi connectivity index (χ2n) is 4.48. The van der Waals surface area contributed by atoms with Crippen molar-refractivity contribution >= 4 is 11.8 Å². The van der Waals surface area contributed by atoms with Crippen molar-refractivity contribution in [3.8, 4) is 0 Å². The minimum absolute atomic E-state index is 0.813. The number of fused-ring (bicyclic) bond motifs is 4. The van der Waals surface area contributed by atoms with Gasteiger partial charge in [-0.05, 0) is 47.5 Å². The summed E-state index contributed by atoms with van der Waals surface area (Å²) in [5.41, 5.74) is 0.813. The Hall–Kier alpha value is 0.350. The van der Waals surface area contributed by atoms with Gasteiger partial charge in [0.15, 0.2) is 0 Å². The van der Waals surface area contributed by atoms with Gasteiger partial charge in [-0.25, -0.2) is 0 Å².